The highest BCUT2D eigenvalue weighted by Gasteiger charge is 2.23. The molecule has 0 radical (unpaired) electrons. The molecule has 30 heavy (non-hydrogen) atoms. The first-order valence-corrected chi connectivity index (χ1v) is 11.4. The van der Waals surface area contributed by atoms with Gasteiger partial charge in [0.15, 0.2) is 0 Å². The van der Waals surface area contributed by atoms with Crippen LogP contribution in [0.2, 0.25) is 0 Å². The highest BCUT2D eigenvalue weighted by molar-refractivity contribution is 7.90. The van der Waals surface area contributed by atoms with Gasteiger partial charge >= 0.3 is 0 Å². The number of hydrogen-bond acceptors (Lipinski definition) is 6. The van der Waals surface area contributed by atoms with E-state index in [0.717, 1.165) is 31.3 Å². The smallest absolute Gasteiger partial charge is 0.268 e. The third kappa shape index (κ3) is 3.85. The molecule has 1 fully saturated rings. The number of anilines is 1. The van der Waals surface area contributed by atoms with Gasteiger partial charge in [0, 0.05) is 23.7 Å². The molecule has 0 bridgehead atoms. The summed E-state index contributed by atoms with van der Waals surface area (Å²) in [7, 11) is 1.48. The molecule has 7 nitrogen and oxygen atoms in total. The Morgan fingerprint density at radius 3 is 2.47 bits per heavy atom. The molecular formula is C22H27N3O4S. The maximum Gasteiger partial charge on any atom is 0.268 e. The monoisotopic (exact) mass is 429 g/mol. The van der Waals surface area contributed by atoms with Gasteiger partial charge in [0.2, 0.25) is 0 Å². The first-order valence-electron chi connectivity index (χ1n) is 9.96. The van der Waals surface area contributed by atoms with Crippen LogP contribution in [-0.4, -0.2) is 57.7 Å². The van der Waals surface area contributed by atoms with E-state index in [4.69, 9.17) is 9.47 Å². The number of rotatable bonds is 6. The molecule has 1 aliphatic rings. The molecule has 3 aromatic rings. The fourth-order valence-corrected chi connectivity index (χ4v) is 5.24. The summed E-state index contributed by atoms with van der Waals surface area (Å²) in [6.45, 7) is 2.02. The average molecular weight is 430 g/mol. The Hall–Kier alpha value is -2.71. The molecule has 1 saturated heterocycles. The molecule has 2 heterocycles. The van der Waals surface area contributed by atoms with Crippen LogP contribution in [0.3, 0.4) is 0 Å². The lowest BCUT2D eigenvalue weighted by Gasteiger charge is -2.30. The second kappa shape index (κ2) is 8.20. The summed E-state index contributed by atoms with van der Waals surface area (Å²) < 4.78 is 38.9. The molecular weight excluding hydrogens is 402 g/mol. The SMILES string of the molecule is COc1ccc2ccn(S(=O)(=O)c3ccc(OC)c(NC4CCN(C)CC4)c3)c2c1. The first kappa shape index (κ1) is 20.6. The van der Waals surface area contributed by atoms with Crippen LogP contribution in [0.25, 0.3) is 10.9 Å². The van der Waals surface area contributed by atoms with Crippen molar-refractivity contribution in [2.45, 2.75) is 23.8 Å². The summed E-state index contributed by atoms with van der Waals surface area (Å²) in [5, 5.41) is 4.32. The summed E-state index contributed by atoms with van der Waals surface area (Å²) >= 11 is 0. The summed E-state index contributed by atoms with van der Waals surface area (Å²) in [4.78, 5) is 2.50. The highest BCUT2D eigenvalue weighted by Crippen LogP contribution is 2.32. The normalized spacial score (nSPS) is 16.0. The van der Waals surface area contributed by atoms with Gasteiger partial charge in [-0.15, -0.1) is 0 Å². The second-order valence-electron chi connectivity index (χ2n) is 7.63. The second-order valence-corrected chi connectivity index (χ2v) is 9.44. The molecule has 8 heteroatoms. The Bertz CT molecular complexity index is 1150. The van der Waals surface area contributed by atoms with Crippen molar-refractivity contribution >= 4 is 26.6 Å². The first-order chi connectivity index (χ1) is 14.4. The summed E-state index contributed by atoms with van der Waals surface area (Å²) in [6, 6.07) is 12.4. The van der Waals surface area contributed by atoms with E-state index in [9.17, 15) is 8.42 Å². The molecule has 1 N–H and O–H groups in total. The number of piperidine rings is 1. The van der Waals surface area contributed by atoms with Crippen LogP contribution in [0.15, 0.2) is 53.6 Å². The van der Waals surface area contributed by atoms with Crippen molar-refractivity contribution < 1.29 is 17.9 Å². The minimum absolute atomic E-state index is 0.207. The van der Waals surface area contributed by atoms with Gasteiger partial charge in [-0.2, -0.15) is 0 Å². The van der Waals surface area contributed by atoms with Crippen molar-refractivity contribution in [3.05, 3.63) is 48.7 Å². The van der Waals surface area contributed by atoms with Gasteiger partial charge in [0.1, 0.15) is 11.5 Å². The topological polar surface area (TPSA) is 72.8 Å². The van der Waals surface area contributed by atoms with E-state index in [0.29, 0.717) is 22.7 Å². The maximum atomic E-state index is 13.4. The zero-order chi connectivity index (χ0) is 21.3. The third-order valence-corrected chi connectivity index (χ3v) is 7.36. The van der Waals surface area contributed by atoms with E-state index in [2.05, 4.69) is 17.3 Å². The number of likely N-dealkylation sites (tertiary alicyclic amines) is 1. The summed E-state index contributed by atoms with van der Waals surface area (Å²) in [5.74, 6) is 1.24. The van der Waals surface area contributed by atoms with Crippen LogP contribution in [0, 0.1) is 0 Å². The van der Waals surface area contributed by atoms with Gasteiger partial charge in [-0.3, -0.25) is 0 Å². The zero-order valence-corrected chi connectivity index (χ0v) is 18.3. The van der Waals surface area contributed by atoms with Gasteiger partial charge in [-0.25, -0.2) is 12.4 Å². The molecule has 2 aromatic carbocycles. The van der Waals surface area contributed by atoms with Crippen LogP contribution in [0.1, 0.15) is 12.8 Å². The molecule has 160 valence electrons. The number of benzene rings is 2. The fraction of sp³-hybridized carbons (Fsp3) is 0.364. The Labute approximate surface area is 177 Å². The van der Waals surface area contributed by atoms with Crippen LogP contribution in [0.5, 0.6) is 11.5 Å². The molecule has 4 rings (SSSR count). The molecule has 0 amide bonds. The molecule has 0 unspecified atom stereocenters. The van der Waals surface area contributed by atoms with Crippen molar-refractivity contribution in [2.75, 3.05) is 39.7 Å². The minimum atomic E-state index is -3.79. The Kier molecular flexibility index (Phi) is 5.62. The van der Waals surface area contributed by atoms with Gasteiger partial charge in [-0.1, -0.05) is 0 Å². The fourth-order valence-electron chi connectivity index (χ4n) is 3.87. The zero-order valence-electron chi connectivity index (χ0n) is 17.5. The Morgan fingerprint density at radius 1 is 1.00 bits per heavy atom. The average Bonchev–Trinajstić information content (AvgIpc) is 3.19. The number of methoxy groups -OCH3 is 2. The van der Waals surface area contributed by atoms with E-state index in [1.807, 2.05) is 12.1 Å². The van der Waals surface area contributed by atoms with E-state index in [1.165, 1.54) is 3.97 Å². The molecule has 1 aromatic heterocycles. The van der Waals surface area contributed by atoms with Crippen molar-refractivity contribution in [2.24, 2.45) is 0 Å². The molecule has 0 spiro atoms. The summed E-state index contributed by atoms with van der Waals surface area (Å²) in [5.41, 5.74) is 1.28. The Morgan fingerprint density at radius 2 is 1.77 bits per heavy atom. The molecule has 0 saturated carbocycles. The van der Waals surface area contributed by atoms with Crippen LogP contribution >= 0.6 is 0 Å². The predicted octanol–water partition coefficient (Wildman–Crippen LogP) is 3.40. The number of aromatic nitrogens is 1. The highest BCUT2D eigenvalue weighted by atomic mass is 32.2. The van der Waals surface area contributed by atoms with Crippen molar-refractivity contribution in [1.29, 1.82) is 0 Å². The third-order valence-electron chi connectivity index (χ3n) is 5.67. The number of nitrogens with zero attached hydrogens (tertiary/aromatic N) is 2. The number of ether oxygens (including phenoxy) is 2. The lowest BCUT2D eigenvalue weighted by molar-refractivity contribution is 0.263. The molecule has 0 aliphatic carbocycles. The van der Waals surface area contributed by atoms with Gasteiger partial charge in [-0.05, 0) is 69.4 Å². The van der Waals surface area contributed by atoms with E-state index < -0.39 is 10.0 Å². The van der Waals surface area contributed by atoms with Crippen molar-refractivity contribution in [3.8, 4) is 11.5 Å². The van der Waals surface area contributed by atoms with E-state index >= 15 is 0 Å². The number of fused-ring (bicyclic) bond motifs is 1. The predicted molar refractivity (Wildman–Crippen MR) is 118 cm³/mol. The Balaban J connectivity index is 1.71. The molecule has 0 atom stereocenters. The largest absolute Gasteiger partial charge is 0.497 e. The molecule has 1 aliphatic heterocycles. The van der Waals surface area contributed by atoms with Gasteiger partial charge in [0.05, 0.1) is 30.3 Å². The summed E-state index contributed by atoms with van der Waals surface area (Å²) in [6.07, 6.45) is 3.57. The number of nitrogens with one attached hydrogen (secondary N) is 1. The quantitative estimate of drug-likeness (QED) is 0.648. The van der Waals surface area contributed by atoms with Crippen LogP contribution in [-0.2, 0) is 10.0 Å². The van der Waals surface area contributed by atoms with Crippen LogP contribution < -0.4 is 14.8 Å². The van der Waals surface area contributed by atoms with Gasteiger partial charge < -0.3 is 19.7 Å². The van der Waals surface area contributed by atoms with Crippen LogP contribution in [0.4, 0.5) is 5.69 Å². The van der Waals surface area contributed by atoms with Crippen molar-refractivity contribution in [3.63, 3.8) is 0 Å². The maximum absolute atomic E-state index is 13.4. The van der Waals surface area contributed by atoms with E-state index in [-0.39, 0.29) is 10.9 Å². The lowest BCUT2D eigenvalue weighted by Crippen LogP contribution is -2.36. The minimum Gasteiger partial charge on any atom is -0.497 e. The van der Waals surface area contributed by atoms with Crippen molar-refractivity contribution in [1.82, 2.24) is 8.87 Å². The van der Waals surface area contributed by atoms with E-state index in [1.54, 1.807) is 50.7 Å². The lowest BCUT2D eigenvalue weighted by atomic mass is 10.1. The van der Waals surface area contributed by atoms with Gasteiger partial charge in [0.25, 0.3) is 10.0 Å². The number of hydrogen-bond donors (Lipinski definition) is 1. The standard InChI is InChI=1S/C22H27N3O4S/c1-24-11-9-17(10-12-24)23-20-15-19(6-7-22(20)29-3)30(26,27)25-13-8-16-4-5-18(28-2)14-21(16)25/h4-8,13-15,17,23H,9-12H2,1-3H3.